The van der Waals surface area contributed by atoms with Crippen LogP contribution in [-0.2, 0) is 0 Å². The van der Waals surface area contributed by atoms with Crippen molar-refractivity contribution in [3.63, 3.8) is 0 Å². The fraction of sp³-hybridized carbons (Fsp3) is 0.227. The van der Waals surface area contributed by atoms with Crippen LogP contribution >= 0.6 is 0 Å². The molecule has 0 fully saturated rings. The molecule has 162 valence electrons. The Morgan fingerprint density at radius 2 is 1.68 bits per heavy atom. The van der Waals surface area contributed by atoms with Crippen LogP contribution in [0.1, 0.15) is 5.69 Å². The normalized spacial score (nSPS) is 10.2. The second kappa shape index (κ2) is 10.7. The highest BCUT2D eigenvalue weighted by molar-refractivity contribution is 5.89. The summed E-state index contributed by atoms with van der Waals surface area (Å²) < 4.78 is 10.3. The monoisotopic (exact) mass is 422 g/mol. The SMILES string of the molecule is COc1ccc(Nc2cc(C)nc(NCCNC(=O)Nc3cccc(OC)c3)n2)cc1. The third-order valence-corrected chi connectivity index (χ3v) is 4.24. The van der Waals surface area contributed by atoms with E-state index in [9.17, 15) is 4.79 Å². The van der Waals surface area contributed by atoms with Crippen molar-refractivity contribution in [2.75, 3.05) is 43.3 Å². The molecule has 9 nitrogen and oxygen atoms in total. The number of anilines is 4. The summed E-state index contributed by atoms with van der Waals surface area (Å²) in [6.07, 6.45) is 0. The van der Waals surface area contributed by atoms with E-state index in [-0.39, 0.29) is 6.03 Å². The van der Waals surface area contributed by atoms with Crippen molar-refractivity contribution in [3.05, 3.63) is 60.3 Å². The number of ether oxygens (including phenoxy) is 2. The molecule has 0 aliphatic rings. The number of urea groups is 1. The molecule has 2 amide bonds. The Hall–Kier alpha value is -4.01. The number of nitrogens with zero attached hydrogens (tertiary/aromatic N) is 2. The average molecular weight is 422 g/mol. The van der Waals surface area contributed by atoms with Gasteiger partial charge in [-0.05, 0) is 43.3 Å². The molecule has 0 spiro atoms. The van der Waals surface area contributed by atoms with E-state index in [1.165, 1.54) is 0 Å². The number of carbonyl (C=O) groups excluding carboxylic acids is 1. The highest BCUT2D eigenvalue weighted by Gasteiger charge is 2.05. The number of aryl methyl sites for hydroxylation is 1. The summed E-state index contributed by atoms with van der Waals surface area (Å²) in [6, 6.07) is 16.3. The molecule has 0 radical (unpaired) electrons. The molecule has 0 bridgehead atoms. The lowest BCUT2D eigenvalue weighted by molar-refractivity contribution is 0.252. The quantitative estimate of drug-likeness (QED) is 0.389. The largest absolute Gasteiger partial charge is 0.497 e. The lowest BCUT2D eigenvalue weighted by Gasteiger charge is -2.11. The zero-order chi connectivity index (χ0) is 22.1. The number of hydrogen-bond acceptors (Lipinski definition) is 7. The van der Waals surface area contributed by atoms with E-state index >= 15 is 0 Å². The van der Waals surface area contributed by atoms with Crippen molar-refractivity contribution >= 4 is 29.2 Å². The second-order valence-electron chi connectivity index (χ2n) is 6.61. The van der Waals surface area contributed by atoms with Gasteiger partial charge in [0.2, 0.25) is 5.95 Å². The number of hydrogen-bond donors (Lipinski definition) is 4. The molecule has 4 N–H and O–H groups in total. The third-order valence-electron chi connectivity index (χ3n) is 4.24. The van der Waals surface area contributed by atoms with E-state index in [4.69, 9.17) is 9.47 Å². The van der Waals surface area contributed by atoms with Crippen LogP contribution in [0.3, 0.4) is 0 Å². The van der Waals surface area contributed by atoms with Gasteiger partial charge >= 0.3 is 6.03 Å². The second-order valence-corrected chi connectivity index (χ2v) is 6.61. The maximum Gasteiger partial charge on any atom is 0.319 e. The zero-order valence-corrected chi connectivity index (χ0v) is 17.7. The molecule has 1 heterocycles. The minimum atomic E-state index is -0.304. The molecule has 0 atom stereocenters. The maximum atomic E-state index is 12.0. The van der Waals surface area contributed by atoms with Crippen LogP contribution in [0, 0.1) is 6.92 Å². The van der Waals surface area contributed by atoms with Gasteiger partial charge in [0.15, 0.2) is 0 Å². The zero-order valence-electron chi connectivity index (χ0n) is 17.7. The van der Waals surface area contributed by atoms with Gasteiger partial charge in [-0.15, -0.1) is 0 Å². The van der Waals surface area contributed by atoms with Gasteiger partial charge in [-0.3, -0.25) is 0 Å². The lowest BCUT2D eigenvalue weighted by Crippen LogP contribution is -2.32. The number of nitrogens with one attached hydrogen (secondary N) is 4. The Morgan fingerprint density at radius 3 is 2.42 bits per heavy atom. The van der Waals surface area contributed by atoms with Crippen LogP contribution in [0.4, 0.5) is 27.9 Å². The standard InChI is InChI=1S/C22H26N6O3/c1-15-13-20(26-16-7-9-18(30-2)10-8-16)28-21(25-15)23-11-12-24-22(29)27-17-5-4-6-19(14-17)31-3/h4-10,13-14H,11-12H2,1-3H3,(H2,24,27,29)(H2,23,25,26,28). The lowest BCUT2D eigenvalue weighted by atomic mass is 10.3. The highest BCUT2D eigenvalue weighted by atomic mass is 16.5. The van der Waals surface area contributed by atoms with Crippen molar-refractivity contribution in [1.82, 2.24) is 15.3 Å². The van der Waals surface area contributed by atoms with Gasteiger partial charge in [0.1, 0.15) is 17.3 Å². The Balaban J connectivity index is 1.48. The fourth-order valence-corrected chi connectivity index (χ4v) is 2.76. The van der Waals surface area contributed by atoms with E-state index in [0.29, 0.717) is 36.3 Å². The van der Waals surface area contributed by atoms with Gasteiger partial charge in [-0.2, -0.15) is 4.98 Å². The summed E-state index contributed by atoms with van der Waals surface area (Å²) in [6.45, 7) is 2.76. The summed E-state index contributed by atoms with van der Waals surface area (Å²) in [7, 11) is 3.21. The molecule has 3 rings (SSSR count). The third kappa shape index (κ3) is 6.77. The number of carbonyl (C=O) groups is 1. The molecule has 0 saturated carbocycles. The first-order chi connectivity index (χ1) is 15.1. The number of methoxy groups -OCH3 is 2. The molecule has 0 aliphatic carbocycles. The number of amides is 2. The minimum Gasteiger partial charge on any atom is -0.497 e. The molecule has 1 aromatic heterocycles. The predicted octanol–water partition coefficient (Wildman–Crippen LogP) is 3.78. The van der Waals surface area contributed by atoms with Crippen molar-refractivity contribution in [2.45, 2.75) is 6.92 Å². The maximum absolute atomic E-state index is 12.0. The van der Waals surface area contributed by atoms with Crippen molar-refractivity contribution in [3.8, 4) is 11.5 Å². The van der Waals surface area contributed by atoms with Crippen LogP contribution < -0.4 is 30.7 Å². The summed E-state index contributed by atoms with van der Waals surface area (Å²) in [5.41, 5.74) is 2.36. The summed E-state index contributed by atoms with van der Waals surface area (Å²) in [5, 5.41) is 11.9. The Labute approximate surface area is 181 Å². The molecule has 3 aromatic rings. The number of benzene rings is 2. The Kier molecular flexibility index (Phi) is 7.47. The number of rotatable bonds is 9. The smallest absolute Gasteiger partial charge is 0.319 e. The molecule has 0 aliphatic heterocycles. The van der Waals surface area contributed by atoms with Crippen LogP contribution in [0.15, 0.2) is 54.6 Å². The van der Waals surface area contributed by atoms with Gasteiger partial charge in [-0.25, -0.2) is 9.78 Å². The molecular formula is C22H26N6O3. The summed E-state index contributed by atoms with van der Waals surface area (Å²) in [5.74, 6) is 2.61. The van der Waals surface area contributed by atoms with Gasteiger partial charge < -0.3 is 30.7 Å². The summed E-state index contributed by atoms with van der Waals surface area (Å²) >= 11 is 0. The minimum absolute atomic E-state index is 0.304. The van der Waals surface area contributed by atoms with E-state index in [2.05, 4.69) is 31.2 Å². The first kappa shape index (κ1) is 21.7. The average Bonchev–Trinajstić information content (AvgIpc) is 2.77. The molecule has 31 heavy (non-hydrogen) atoms. The van der Waals surface area contributed by atoms with Crippen molar-refractivity contribution < 1.29 is 14.3 Å². The van der Waals surface area contributed by atoms with Crippen LogP contribution in [-0.4, -0.2) is 43.3 Å². The van der Waals surface area contributed by atoms with Gasteiger partial charge in [0.05, 0.1) is 14.2 Å². The van der Waals surface area contributed by atoms with Gasteiger partial charge in [0.25, 0.3) is 0 Å². The van der Waals surface area contributed by atoms with E-state index < -0.39 is 0 Å². The van der Waals surface area contributed by atoms with Gasteiger partial charge in [-0.1, -0.05) is 6.07 Å². The topological polar surface area (TPSA) is 109 Å². The molecule has 2 aromatic carbocycles. The van der Waals surface area contributed by atoms with Crippen molar-refractivity contribution in [1.29, 1.82) is 0 Å². The van der Waals surface area contributed by atoms with E-state index in [1.54, 1.807) is 26.4 Å². The van der Waals surface area contributed by atoms with Crippen LogP contribution in [0.5, 0.6) is 11.5 Å². The van der Waals surface area contributed by atoms with E-state index in [1.807, 2.05) is 49.4 Å². The van der Waals surface area contributed by atoms with Crippen LogP contribution in [0.2, 0.25) is 0 Å². The van der Waals surface area contributed by atoms with Crippen LogP contribution in [0.25, 0.3) is 0 Å². The first-order valence-electron chi connectivity index (χ1n) is 9.75. The van der Waals surface area contributed by atoms with Crippen molar-refractivity contribution in [2.24, 2.45) is 0 Å². The Bertz CT molecular complexity index is 1010. The first-order valence-corrected chi connectivity index (χ1v) is 9.75. The van der Waals surface area contributed by atoms with E-state index in [0.717, 1.165) is 17.1 Å². The fourth-order valence-electron chi connectivity index (χ4n) is 2.76. The Morgan fingerprint density at radius 1 is 0.903 bits per heavy atom. The van der Waals surface area contributed by atoms with Gasteiger partial charge in [0, 0.05) is 42.3 Å². The highest BCUT2D eigenvalue weighted by Crippen LogP contribution is 2.20. The summed E-state index contributed by atoms with van der Waals surface area (Å²) in [4.78, 5) is 20.9. The molecular weight excluding hydrogens is 396 g/mol. The predicted molar refractivity (Wildman–Crippen MR) is 122 cm³/mol. The molecule has 9 heteroatoms. The molecule has 0 saturated heterocycles. The number of aromatic nitrogens is 2. The molecule has 0 unspecified atom stereocenters.